The third-order valence-corrected chi connectivity index (χ3v) is 4.55. The van der Waals surface area contributed by atoms with Crippen molar-refractivity contribution >= 4 is 28.6 Å². The van der Waals surface area contributed by atoms with Gasteiger partial charge in [0.1, 0.15) is 11.3 Å². The molecule has 0 spiro atoms. The molecule has 5 heteroatoms. The fraction of sp³-hybridized carbons (Fsp3) is 0.467. The van der Waals surface area contributed by atoms with Crippen LogP contribution >= 0.6 is 11.6 Å². The van der Waals surface area contributed by atoms with Crippen molar-refractivity contribution in [2.45, 2.75) is 38.5 Å². The molecule has 20 heavy (non-hydrogen) atoms. The molecule has 0 atom stereocenters. The van der Waals surface area contributed by atoms with Crippen molar-refractivity contribution in [2.75, 3.05) is 0 Å². The predicted octanol–water partition coefficient (Wildman–Crippen LogP) is 3.79. The van der Waals surface area contributed by atoms with E-state index in [-0.39, 0.29) is 11.8 Å². The molecule has 2 aromatic rings. The first-order valence-electron chi connectivity index (χ1n) is 6.93. The van der Waals surface area contributed by atoms with E-state index in [2.05, 4.69) is 9.97 Å². The predicted molar refractivity (Wildman–Crippen MR) is 78.0 cm³/mol. The Kier molecular flexibility index (Phi) is 3.42. The van der Waals surface area contributed by atoms with Gasteiger partial charge in [0.05, 0.1) is 17.0 Å². The zero-order chi connectivity index (χ0) is 14.2. The fourth-order valence-electron chi connectivity index (χ4n) is 3.35. The number of hydrogen-bond acceptors (Lipinski definition) is 2. The summed E-state index contributed by atoms with van der Waals surface area (Å²) in [6.45, 7) is 0. The van der Waals surface area contributed by atoms with Gasteiger partial charge in [0, 0.05) is 6.42 Å². The van der Waals surface area contributed by atoms with Crippen molar-refractivity contribution < 1.29 is 9.90 Å². The minimum Gasteiger partial charge on any atom is -0.481 e. The highest BCUT2D eigenvalue weighted by Crippen LogP contribution is 2.43. The molecule has 1 aromatic heterocycles. The van der Waals surface area contributed by atoms with E-state index in [1.807, 2.05) is 18.2 Å². The summed E-state index contributed by atoms with van der Waals surface area (Å²) < 4.78 is 0. The van der Waals surface area contributed by atoms with Crippen LogP contribution in [0.2, 0.25) is 5.02 Å². The monoisotopic (exact) mass is 292 g/mol. The number of nitrogens with zero attached hydrogens (tertiary/aromatic N) is 1. The number of carboxylic acid groups (broad SMARTS) is 1. The number of fused-ring (bicyclic) bond motifs is 1. The van der Waals surface area contributed by atoms with Gasteiger partial charge in [-0.3, -0.25) is 4.79 Å². The lowest BCUT2D eigenvalue weighted by atomic mass is 9.79. The molecule has 1 aliphatic carbocycles. The molecule has 1 aromatic carbocycles. The number of para-hydroxylation sites is 1. The van der Waals surface area contributed by atoms with Crippen molar-refractivity contribution in [2.24, 2.45) is 5.41 Å². The zero-order valence-corrected chi connectivity index (χ0v) is 11.9. The molecule has 0 unspecified atom stereocenters. The standard InChI is InChI=1S/C15H17ClN2O2/c16-10-4-3-5-11-14(10)18-12(17-11)8-15(9-13(19)20)6-1-2-7-15/h3-5H,1-2,6-9H2,(H,17,18)(H,19,20). The Bertz CT molecular complexity index is 644. The van der Waals surface area contributed by atoms with Gasteiger partial charge in [-0.1, -0.05) is 30.5 Å². The summed E-state index contributed by atoms with van der Waals surface area (Å²) in [5.74, 6) is 0.122. The number of benzene rings is 1. The normalized spacial score (nSPS) is 17.6. The number of nitrogens with one attached hydrogen (secondary N) is 1. The van der Waals surface area contributed by atoms with Gasteiger partial charge in [-0.25, -0.2) is 4.98 Å². The van der Waals surface area contributed by atoms with Crippen LogP contribution < -0.4 is 0 Å². The molecule has 0 radical (unpaired) electrons. The Balaban J connectivity index is 1.90. The number of carbonyl (C=O) groups is 1. The summed E-state index contributed by atoms with van der Waals surface area (Å²) in [4.78, 5) is 18.9. The van der Waals surface area contributed by atoms with Gasteiger partial charge in [0.2, 0.25) is 0 Å². The van der Waals surface area contributed by atoms with Crippen LogP contribution in [0.4, 0.5) is 0 Å². The van der Waals surface area contributed by atoms with Crippen LogP contribution in [0.3, 0.4) is 0 Å². The molecule has 1 fully saturated rings. The van der Waals surface area contributed by atoms with Gasteiger partial charge >= 0.3 is 5.97 Å². The van der Waals surface area contributed by atoms with Crippen LogP contribution in [0.15, 0.2) is 18.2 Å². The second-order valence-corrected chi connectivity index (χ2v) is 6.18. The molecule has 1 saturated carbocycles. The number of aliphatic carboxylic acids is 1. The molecular formula is C15H17ClN2O2. The molecule has 0 amide bonds. The van der Waals surface area contributed by atoms with Crippen LogP contribution in [0.5, 0.6) is 0 Å². The second kappa shape index (κ2) is 5.09. The molecule has 0 saturated heterocycles. The Morgan fingerprint density at radius 2 is 2.15 bits per heavy atom. The molecule has 3 rings (SSSR count). The van der Waals surface area contributed by atoms with E-state index in [0.717, 1.165) is 42.5 Å². The van der Waals surface area contributed by atoms with E-state index in [0.29, 0.717) is 11.4 Å². The first kappa shape index (κ1) is 13.4. The lowest BCUT2D eigenvalue weighted by molar-refractivity contribution is -0.139. The van der Waals surface area contributed by atoms with Crippen molar-refractivity contribution in [1.82, 2.24) is 9.97 Å². The van der Waals surface area contributed by atoms with Crippen LogP contribution in [0, 0.1) is 5.41 Å². The summed E-state index contributed by atoms with van der Waals surface area (Å²) in [6.07, 6.45) is 5.04. The van der Waals surface area contributed by atoms with Crippen molar-refractivity contribution in [3.63, 3.8) is 0 Å². The molecule has 1 aliphatic rings. The zero-order valence-electron chi connectivity index (χ0n) is 11.2. The number of H-pyrrole nitrogens is 1. The lowest BCUT2D eigenvalue weighted by Crippen LogP contribution is -2.24. The SMILES string of the molecule is O=C(O)CC1(Cc2nc3c(Cl)cccc3[nH]2)CCCC1. The quantitative estimate of drug-likeness (QED) is 0.901. The first-order valence-corrected chi connectivity index (χ1v) is 7.31. The first-order chi connectivity index (χ1) is 9.58. The number of rotatable bonds is 4. The minimum absolute atomic E-state index is 0.147. The molecular weight excluding hydrogens is 276 g/mol. The fourth-order valence-corrected chi connectivity index (χ4v) is 3.57. The smallest absolute Gasteiger partial charge is 0.303 e. The van der Waals surface area contributed by atoms with Gasteiger partial charge < -0.3 is 10.1 Å². The van der Waals surface area contributed by atoms with Gasteiger partial charge in [-0.2, -0.15) is 0 Å². The van der Waals surface area contributed by atoms with E-state index in [9.17, 15) is 4.79 Å². The number of imidazole rings is 1. The number of hydrogen-bond donors (Lipinski definition) is 2. The molecule has 0 aliphatic heterocycles. The maximum absolute atomic E-state index is 11.1. The van der Waals surface area contributed by atoms with Crippen LogP contribution in [0.25, 0.3) is 11.0 Å². The molecule has 2 N–H and O–H groups in total. The van der Waals surface area contributed by atoms with E-state index in [1.165, 1.54) is 0 Å². The van der Waals surface area contributed by atoms with Gasteiger partial charge in [0.25, 0.3) is 0 Å². The average Bonchev–Trinajstić information content (AvgIpc) is 2.96. The highest BCUT2D eigenvalue weighted by molar-refractivity contribution is 6.34. The van der Waals surface area contributed by atoms with Gasteiger partial charge in [-0.15, -0.1) is 0 Å². The number of aromatic nitrogens is 2. The van der Waals surface area contributed by atoms with E-state index < -0.39 is 5.97 Å². The summed E-state index contributed by atoms with van der Waals surface area (Å²) >= 11 is 6.13. The Morgan fingerprint density at radius 3 is 2.80 bits per heavy atom. The van der Waals surface area contributed by atoms with Crippen LogP contribution in [-0.2, 0) is 11.2 Å². The highest BCUT2D eigenvalue weighted by atomic mass is 35.5. The van der Waals surface area contributed by atoms with Gasteiger partial charge in [-0.05, 0) is 30.4 Å². The summed E-state index contributed by atoms with van der Waals surface area (Å²) in [7, 11) is 0. The Hall–Kier alpha value is -1.55. The average molecular weight is 293 g/mol. The Labute approximate surface area is 122 Å². The number of halogens is 1. The van der Waals surface area contributed by atoms with Crippen molar-refractivity contribution in [3.05, 3.63) is 29.0 Å². The van der Waals surface area contributed by atoms with E-state index in [4.69, 9.17) is 16.7 Å². The molecule has 0 bridgehead atoms. The Morgan fingerprint density at radius 1 is 1.40 bits per heavy atom. The largest absolute Gasteiger partial charge is 0.481 e. The highest BCUT2D eigenvalue weighted by Gasteiger charge is 2.37. The summed E-state index contributed by atoms with van der Waals surface area (Å²) in [5.41, 5.74) is 1.54. The molecule has 4 nitrogen and oxygen atoms in total. The summed E-state index contributed by atoms with van der Waals surface area (Å²) in [5, 5.41) is 9.78. The number of aromatic amines is 1. The third kappa shape index (κ3) is 2.52. The lowest BCUT2D eigenvalue weighted by Gasteiger charge is -2.25. The van der Waals surface area contributed by atoms with E-state index >= 15 is 0 Å². The van der Waals surface area contributed by atoms with Crippen molar-refractivity contribution in [3.8, 4) is 0 Å². The topological polar surface area (TPSA) is 66.0 Å². The molecule has 106 valence electrons. The third-order valence-electron chi connectivity index (χ3n) is 4.25. The summed E-state index contributed by atoms with van der Waals surface area (Å²) in [6, 6.07) is 5.64. The second-order valence-electron chi connectivity index (χ2n) is 5.77. The van der Waals surface area contributed by atoms with Crippen molar-refractivity contribution in [1.29, 1.82) is 0 Å². The maximum atomic E-state index is 11.1. The van der Waals surface area contributed by atoms with Crippen LogP contribution in [0.1, 0.15) is 37.9 Å². The molecule has 1 heterocycles. The van der Waals surface area contributed by atoms with Gasteiger partial charge in [0.15, 0.2) is 0 Å². The number of carboxylic acids is 1. The minimum atomic E-state index is -0.721. The van der Waals surface area contributed by atoms with E-state index in [1.54, 1.807) is 0 Å². The maximum Gasteiger partial charge on any atom is 0.303 e. The van der Waals surface area contributed by atoms with Crippen LogP contribution in [-0.4, -0.2) is 21.0 Å².